The average molecular weight is 269 g/mol. The maximum Gasteiger partial charge on any atom is 0.193 e. The fourth-order valence-corrected chi connectivity index (χ4v) is 3.68. The lowest BCUT2D eigenvalue weighted by atomic mass is 10.1. The maximum absolute atomic E-state index is 6.19. The van der Waals surface area contributed by atoms with Gasteiger partial charge in [-0.25, -0.2) is 4.98 Å². The van der Waals surface area contributed by atoms with Crippen molar-refractivity contribution in [3.05, 3.63) is 23.5 Å². The first-order valence-electron chi connectivity index (χ1n) is 5.69. The van der Waals surface area contributed by atoms with Crippen molar-refractivity contribution in [3.63, 3.8) is 0 Å². The molecule has 2 unspecified atom stereocenters. The van der Waals surface area contributed by atoms with Crippen LogP contribution < -0.4 is 5.73 Å². The topological polar surface area (TPSA) is 52.5 Å². The van der Waals surface area contributed by atoms with E-state index in [1.54, 1.807) is 11.3 Å². The van der Waals surface area contributed by atoms with Crippen molar-refractivity contribution in [3.8, 4) is 0 Å². The Morgan fingerprint density at radius 3 is 3.35 bits per heavy atom. The molecule has 2 aromatic rings. The Balaban J connectivity index is 1.67. The number of aromatic nitrogens is 2. The van der Waals surface area contributed by atoms with Crippen LogP contribution in [0.4, 0.5) is 0 Å². The van der Waals surface area contributed by atoms with Crippen LogP contribution in [-0.2, 0) is 11.2 Å². The van der Waals surface area contributed by atoms with Gasteiger partial charge in [-0.15, -0.1) is 11.3 Å². The number of hydrogen-bond acceptors (Lipinski definition) is 5. The van der Waals surface area contributed by atoms with Crippen LogP contribution in [-0.4, -0.2) is 39.6 Å². The predicted octanol–water partition coefficient (Wildman–Crippen LogP) is 1.40. The quantitative estimate of drug-likeness (QED) is 0.915. The van der Waals surface area contributed by atoms with Crippen LogP contribution in [0.25, 0.3) is 4.96 Å². The summed E-state index contributed by atoms with van der Waals surface area (Å²) in [7, 11) is 0. The monoisotopic (exact) mass is 269 g/mol. The molecule has 0 aliphatic carbocycles. The standard InChI is InChI=1S/C11H15N3OS2/c12-9(10-7-16-4-2-15-10)5-8-6-14-1-3-17-11(14)13-8/h1,3,6,9-10H,2,4-5,7,12H2. The summed E-state index contributed by atoms with van der Waals surface area (Å²) in [5, 5.41) is 2.03. The number of thiazole rings is 1. The van der Waals surface area contributed by atoms with E-state index in [4.69, 9.17) is 10.5 Å². The van der Waals surface area contributed by atoms with E-state index in [1.165, 1.54) is 0 Å². The summed E-state index contributed by atoms with van der Waals surface area (Å²) in [6.07, 6.45) is 5.05. The second kappa shape index (κ2) is 4.97. The third-order valence-electron chi connectivity index (χ3n) is 2.91. The summed E-state index contributed by atoms with van der Waals surface area (Å²) >= 11 is 3.57. The molecule has 6 heteroatoms. The van der Waals surface area contributed by atoms with E-state index < -0.39 is 0 Å². The number of hydrogen-bond donors (Lipinski definition) is 1. The first-order chi connectivity index (χ1) is 8.33. The zero-order valence-electron chi connectivity index (χ0n) is 9.41. The molecule has 92 valence electrons. The highest BCUT2D eigenvalue weighted by Gasteiger charge is 2.22. The van der Waals surface area contributed by atoms with Crippen molar-refractivity contribution in [2.45, 2.75) is 18.6 Å². The van der Waals surface area contributed by atoms with Gasteiger partial charge < -0.3 is 10.5 Å². The molecule has 2 atom stereocenters. The fourth-order valence-electron chi connectivity index (χ4n) is 2.00. The van der Waals surface area contributed by atoms with E-state index in [0.29, 0.717) is 0 Å². The van der Waals surface area contributed by atoms with Gasteiger partial charge in [0.05, 0.1) is 18.4 Å². The van der Waals surface area contributed by atoms with Crippen molar-refractivity contribution >= 4 is 28.1 Å². The van der Waals surface area contributed by atoms with Crippen LogP contribution >= 0.6 is 23.1 Å². The molecule has 1 aliphatic heterocycles. The highest BCUT2D eigenvalue weighted by Crippen LogP contribution is 2.18. The number of fused-ring (bicyclic) bond motifs is 1. The van der Waals surface area contributed by atoms with E-state index in [9.17, 15) is 0 Å². The summed E-state index contributed by atoms with van der Waals surface area (Å²) in [5.74, 6) is 2.09. The number of imidazole rings is 1. The summed E-state index contributed by atoms with van der Waals surface area (Å²) < 4.78 is 7.73. The predicted molar refractivity (Wildman–Crippen MR) is 71.8 cm³/mol. The second-order valence-corrected chi connectivity index (χ2v) is 6.20. The molecule has 0 spiro atoms. The Labute approximate surface area is 108 Å². The molecular formula is C11H15N3OS2. The number of nitrogens with zero attached hydrogens (tertiary/aromatic N) is 2. The zero-order valence-corrected chi connectivity index (χ0v) is 11.0. The van der Waals surface area contributed by atoms with Crippen LogP contribution in [0.15, 0.2) is 17.8 Å². The highest BCUT2D eigenvalue weighted by atomic mass is 32.2. The van der Waals surface area contributed by atoms with Crippen molar-refractivity contribution in [1.29, 1.82) is 0 Å². The van der Waals surface area contributed by atoms with Gasteiger partial charge in [-0.1, -0.05) is 0 Å². The molecule has 0 aromatic carbocycles. The average Bonchev–Trinajstić information content (AvgIpc) is 2.90. The van der Waals surface area contributed by atoms with Crippen molar-refractivity contribution in [2.24, 2.45) is 5.73 Å². The maximum atomic E-state index is 6.19. The van der Waals surface area contributed by atoms with Gasteiger partial charge in [0.2, 0.25) is 0 Å². The highest BCUT2D eigenvalue weighted by molar-refractivity contribution is 7.99. The van der Waals surface area contributed by atoms with Gasteiger partial charge in [0.1, 0.15) is 0 Å². The lowest BCUT2D eigenvalue weighted by Crippen LogP contribution is -2.42. The molecule has 2 aromatic heterocycles. The summed E-state index contributed by atoms with van der Waals surface area (Å²) in [5.41, 5.74) is 7.25. The molecule has 0 bridgehead atoms. The van der Waals surface area contributed by atoms with Crippen LogP contribution in [0.1, 0.15) is 5.69 Å². The Morgan fingerprint density at radius 1 is 1.65 bits per heavy atom. The lowest BCUT2D eigenvalue weighted by molar-refractivity contribution is 0.0570. The van der Waals surface area contributed by atoms with E-state index in [2.05, 4.69) is 11.2 Å². The number of nitrogens with two attached hydrogens (primary N) is 1. The SMILES string of the molecule is NC(Cc1cn2ccsc2n1)C1CSCCO1. The third kappa shape index (κ3) is 2.49. The van der Waals surface area contributed by atoms with Gasteiger partial charge in [0.15, 0.2) is 4.96 Å². The molecule has 1 fully saturated rings. The van der Waals surface area contributed by atoms with Crippen LogP contribution in [0, 0.1) is 0 Å². The third-order valence-corrected chi connectivity index (χ3v) is 4.70. The Hall–Kier alpha value is -0.560. The van der Waals surface area contributed by atoms with Crippen molar-refractivity contribution in [2.75, 3.05) is 18.1 Å². The van der Waals surface area contributed by atoms with E-state index in [0.717, 1.165) is 35.2 Å². The molecule has 0 saturated carbocycles. The fraction of sp³-hybridized carbons (Fsp3) is 0.545. The van der Waals surface area contributed by atoms with Gasteiger partial charge in [-0.2, -0.15) is 11.8 Å². The Morgan fingerprint density at radius 2 is 2.59 bits per heavy atom. The number of thioether (sulfide) groups is 1. The van der Waals surface area contributed by atoms with Crippen LogP contribution in [0.3, 0.4) is 0 Å². The van der Waals surface area contributed by atoms with Gasteiger partial charge in [0, 0.05) is 41.7 Å². The van der Waals surface area contributed by atoms with Gasteiger partial charge in [-0.3, -0.25) is 4.40 Å². The molecule has 1 saturated heterocycles. The molecule has 1 aliphatic rings. The first kappa shape index (κ1) is 11.5. The molecule has 4 nitrogen and oxygen atoms in total. The largest absolute Gasteiger partial charge is 0.375 e. The Kier molecular flexibility index (Phi) is 3.37. The summed E-state index contributed by atoms with van der Waals surface area (Å²) in [4.78, 5) is 5.58. The Bertz CT molecular complexity index is 461. The van der Waals surface area contributed by atoms with E-state index in [-0.39, 0.29) is 12.1 Å². The molecule has 3 rings (SSSR count). The van der Waals surface area contributed by atoms with Crippen LogP contribution in [0.5, 0.6) is 0 Å². The number of rotatable bonds is 3. The van der Waals surface area contributed by atoms with E-state index in [1.807, 2.05) is 27.7 Å². The normalized spacial score (nSPS) is 23.0. The minimum absolute atomic E-state index is 0.0485. The van der Waals surface area contributed by atoms with Gasteiger partial charge in [0.25, 0.3) is 0 Å². The van der Waals surface area contributed by atoms with Gasteiger partial charge in [-0.05, 0) is 0 Å². The minimum Gasteiger partial charge on any atom is -0.375 e. The molecule has 3 heterocycles. The van der Waals surface area contributed by atoms with Gasteiger partial charge >= 0.3 is 0 Å². The minimum atomic E-state index is 0.0485. The summed E-state index contributed by atoms with van der Waals surface area (Å²) in [6.45, 7) is 0.821. The van der Waals surface area contributed by atoms with E-state index >= 15 is 0 Å². The second-order valence-electron chi connectivity index (χ2n) is 4.18. The first-order valence-corrected chi connectivity index (χ1v) is 7.72. The molecule has 0 amide bonds. The molecular weight excluding hydrogens is 254 g/mol. The molecule has 17 heavy (non-hydrogen) atoms. The molecule has 0 radical (unpaired) electrons. The molecule has 2 N–H and O–H groups in total. The lowest BCUT2D eigenvalue weighted by Gasteiger charge is -2.27. The zero-order chi connectivity index (χ0) is 11.7. The van der Waals surface area contributed by atoms with Crippen molar-refractivity contribution in [1.82, 2.24) is 9.38 Å². The smallest absolute Gasteiger partial charge is 0.193 e. The number of ether oxygens (including phenoxy) is 1. The van der Waals surface area contributed by atoms with Crippen molar-refractivity contribution < 1.29 is 4.74 Å². The summed E-state index contributed by atoms with van der Waals surface area (Å²) in [6, 6.07) is 0.0485. The van der Waals surface area contributed by atoms with Crippen LogP contribution in [0.2, 0.25) is 0 Å².